The van der Waals surface area contributed by atoms with E-state index in [1.54, 1.807) is 6.92 Å². The number of rotatable bonds is 3. The Labute approximate surface area is 96.9 Å². The minimum Gasteiger partial charge on any atom is -0.466 e. The Morgan fingerprint density at radius 2 is 2.13 bits per heavy atom. The highest BCUT2D eigenvalue weighted by Crippen LogP contribution is 2.24. The van der Waals surface area contributed by atoms with Crippen molar-refractivity contribution in [2.45, 2.75) is 13.3 Å². The first-order valence-corrected chi connectivity index (χ1v) is 5.09. The van der Waals surface area contributed by atoms with Gasteiger partial charge in [0.15, 0.2) is 0 Å². The maximum atomic E-state index is 13.3. The van der Waals surface area contributed by atoms with E-state index < -0.39 is 11.8 Å². The fourth-order valence-electron chi connectivity index (χ4n) is 1.10. The molecule has 0 saturated carbocycles. The number of esters is 1. The van der Waals surface area contributed by atoms with E-state index in [1.807, 2.05) is 0 Å². The van der Waals surface area contributed by atoms with E-state index in [-0.39, 0.29) is 28.6 Å². The molecular weight excluding hydrogens is 242 g/mol. The van der Waals surface area contributed by atoms with Gasteiger partial charge in [0.05, 0.1) is 13.0 Å². The fraction of sp³-hybridized carbons (Fsp3) is 0.300. The van der Waals surface area contributed by atoms with Gasteiger partial charge in [-0.3, -0.25) is 4.79 Å². The second kappa shape index (κ2) is 5.33. The summed E-state index contributed by atoms with van der Waals surface area (Å²) < 4.78 is 18.0. The highest BCUT2D eigenvalue weighted by atomic mass is 35.5. The topological polar surface area (TPSA) is 26.3 Å². The lowest BCUT2D eigenvalue weighted by Gasteiger charge is -2.06. The summed E-state index contributed by atoms with van der Waals surface area (Å²) >= 11 is 11.3. The van der Waals surface area contributed by atoms with Crippen LogP contribution in [0, 0.1) is 5.82 Å². The van der Waals surface area contributed by atoms with Crippen molar-refractivity contribution in [1.82, 2.24) is 0 Å². The summed E-state index contributed by atoms with van der Waals surface area (Å²) in [4.78, 5) is 11.1. The number of ether oxygens (including phenoxy) is 1. The Morgan fingerprint density at radius 1 is 1.47 bits per heavy atom. The number of benzene rings is 1. The second-order valence-corrected chi connectivity index (χ2v) is 3.67. The molecule has 0 radical (unpaired) electrons. The van der Waals surface area contributed by atoms with Crippen molar-refractivity contribution >= 4 is 29.2 Å². The average molecular weight is 251 g/mol. The molecule has 0 aliphatic heterocycles. The smallest absolute Gasteiger partial charge is 0.310 e. The third-order valence-corrected chi connectivity index (χ3v) is 2.29. The van der Waals surface area contributed by atoms with Crippen LogP contribution in [0.3, 0.4) is 0 Å². The molecule has 2 nitrogen and oxygen atoms in total. The van der Waals surface area contributed by atoms with Crippen molar-refractivity contribution in [3.63, 3.8) is 0 Å². The third kappa shape index (κ3) is 3.36. The van der Waals surface area contributed by atoms with E-state index in [1.165, 1.54) is 6.07 Å². The molecule has 1 aromatic rings. The van der Waals surface area contributed by atoms with E-state index in [0.717, 1.165) is 6.07 Å². The second-order valence-electron chi connectivity index (χ2n) is 2.83. The lowest BCUT2D eigenvalue weighted by Crippen LogP contribution is -2.09. The Hall–Kier alpha value is -0.800. The monoisotopic (exact) mass is 250 g/mol. The molecule has 1 aromatic carbocycles. The van der Waals surface area contributed by atoms with E-state index in [0.29, 0.717) is 0 Å². The zero-order chi connectivity index (χ0) is 11.4. The number of hydrogen-bond acceptors (Lipinski definition) is 2. The van der Waals surface area contributed by atoms with E-state index >= 15 is 0 Å². The summed E-state index contributed by atoms with van der Waals surface area (Å²) in [6, 6.07) is 2.50. The van der Waals surface area contributed by atoms with Gasteiger partial charge in [-0.25, -0.2) is 4.39 Å². The Kier molecular flexibility index (Phi) is 4.36. The van der Waals surface area contributed by atoms with Crippen LogP contribution in [0.5, 0.6) is 0 Å². The number of carbonyl (C=O) groups is 1. The van der Waals surface area contributed by atoms with Gasteiger partial charge in [-0.05, 0) is 19.1 Å². The van der Waals surface area contributed by atoms with Crippen LogP contribution < -0.4 is 0 Å². The van der Waals surface area contributed by atoms with E-state index in [2.05, 4.69) is 4.74 Å². The van der Waals surface area contributed by atoms with Crippen LogP contribution in [-0.2, 0) is 16.0 Å². The minimum absolute atomic E-state index is 0.111. The molecule has 0 bridgehead atoms. The largest absolute Gasteiger partial charge is 0.466 e. The van der Waals surface area contributed by atoms with Crippen LogP contribution in [0.2, 0.25) is 10.0 Å². The van der Waals surface area contributed by atoms with Gasteiger partial charge >= 0.3 is 5.97 Å². The van der Waals surface area contributed by atoms with Crippen molar-refractivity contribution in [3.8, 4) is 0 Å². The maximum absolute atomic E-state index is 13.3. The molecule has 0 amide bonds. The molecular formula is C10H9Cl2FO2. The molecule has 0 fully saturated rings. The molecule has 0 aliphatic carbocycles. The van der Waals surface area contributed by atoms with Crippen molar-refractivity contribution in [2.75, 3.05) is 6.61 Å². The van der Waals surface area contributed by atoms with Crippen molar-refractivity contribution in [2.24, 2.45) is 0 Å². The summed E-state index contributed by atoms with van der Waals surface area (Å²) in [6.07, 6.45) is -0.185. The van der Waals surface area contributed by atoms with Crippen LogP contribution in [0.4, 0.5) is 4.39 Å². The molecule has 5 heteroatoms. The maximum Gasteiger partial charge on any atom is 0.310 e. The zero-order valence-electron chi connectivity index (χ0n) is 8.02. The summed E-state index contributed by atoms with van der Waals surface area (Å²) in [6.45, 7) is 1.93. The predicted octanol–water partition coefficient (Wildman–Crippen LogP) is 3.24. The third-order valence-electron chi connectivity index (χ3n) is 1.73. The van der Waals surface area contributed by atoms with Gasteiger partial charge in [0, 0.05) is 15.6 Å². The van der Waals surface area contributed by atoms with Gasteiger partial charge < -0.3 is 4.74 Å². The molecule has 1 rings (SSSR count). The normalized spacial score (nSPS) is 10.1. The molecule has 0 aliphatic rings. The quantitative estimate of drug-likeness (QED) is 0.771. The molecule has 0 heterocycles. The zero-order valence-corrected chi connectivity index (χ0v) is 9.53. The molecule has 0 N–H and O–H groups in total. The first-order chi connectivity index (χ1) is 7.04. The van der Waals surface area contributed by atoms with Crippen LogP contribution in [-0.4, -0.2) is 12.6 Å². The standard InChI is InChI=1S/C10H9Cl2FO2/c1-2-15-10(14)5-7-8(12)3-6(11)4-9(7)13/h3-4H,2,5H2,1H3. The Morgan fingerprint density at radius 3 is 2.67 bits per heavy atom. The molecule has 0 aromatic heterocycles. The van der Waals surface area contributed by atoms with E-state index in [9.17, 15) is 9.18 Å². The van der Waals surface area contributed by atoms with Gasteiger partial charge in [0.1, 0.15) is 5.82 Å². The minimum atomic E-state index is -0.597. The van der Waals surface area contributed by atoms with Crippen LogP contribution in [0.15, 0.2) is 12.1 Å². The summed E-state index contributed by atoms with van der Waals surface area (Å²) in [5.41, 5.74) is 0.111. The lowest BCUT2D eigenvalue weighted by molar-refractivity contribution is -0.142. The van der Waals surface area contributed by atoms with Gasteiger partial charge in [-0.15, -0.1) is 0 Å². The number of hydrogen-bond donors (Lipinski definition) is 0. The van der Waals surface area contributed by atoms with Crippen molar-refractivity contribution < 1.29 is 13.9 Å². The van der Waals surface area contributed by atoms with Crippen molar-refractivity contribution in [1.29, 1.82) is 0 Å². The van der Waals surface area contributed by atoms with Gasteiger partial charge in [-0.2, -0.15) is 0 Å². The molecule has 15 heavy (non-hydrogen) atoms. The first kappa shape index (κ1) is 12.3. The molecule has 82 valence electrons. The number of carbonyl (C=O) groups excluding carboxylic acids is 1. The van der Waals surface area contributed by atoms with Crippen LogP contribution >= 0.6 is 23.2 Å². The van der Waals surface area contributed by atoms with Gasteiger partial charge in [0.25, 0.3) is 0 Å². The molecule has 0 saturated heterocycles. The molecule has 0 atom stereocenters. The lowest BCUT2D eigenvalue weighted by atomic mass is 10.1. The average Bonchev–Trinajstić information content (AvgIpc) is 2.11. The van der Waals surface area contributed by atoms with Gasteiger partial charge in [-0.1, -0.05) is 23.2 Å². The number of halogens is 3. The Balaban J connectivity index is 2.90. The highest BCUT2D eigenvalue weighted by Gasteiger charge is 2.13. The van der Waals surface area contributed by atoms with E-state index in [4.69, 9.17) is 23.2 Å². The van der Waals surface area contributed by atoms with Crippen LogP contribution in [0.25, 0.3) is 0 Å². The summed E-state index contributed by atoms with van der Waals surface area (Å²) in [5, 5.41) is 0.332. The van der Waals surface area contributed by atoms with Crippen LogP contribution in [0.1, 0.15) is 12.5 Å². The first-order valence-electron chi connectivity index (χ1n) is 4.33. The summed E-state index contributed by atoms with van der Waals surface area (Å²) in [5.74, 6) is -1.11. The fourth-order valence-corrected chi connectivity index (χ4v) is 1.63. The summed E-state index contributed by atoms with van der Waals surface area (Å²) in [7, 11) is 0. The molecule has 0 unspecified atom stereocenters. The SMILES string of the molecule is CCOC(=O)Cc1c(F)cc(Cl)cc1Cl. The molecule has 0 spiro atoms. The van der Waals surface area contributed by atoms with Gasteiger partial charge in [0.2, 0.25) is 0 Å². The van der Waals surface area contributed by atoms with Crippen molar-refractivity contribution in [3.05, 3.63) is 33.6 Å². The highest BCUT2D eigenvalue weighted by molar-refractivity contribution is 6.35. The predicted molar refractivity (Wildman–Crippen MR) is 56.8 cm³/mol. The Bertz CT molecular complexity index is 357.